The fourth-order valence-corrected chi connectivity index (χ4v) is 4.52. The van der Waals surface area contributed by atoms with Crippen LogP contribution in [-0.4, -0.2) is 13.2 Å². The molecule has 0 saturated heterocycles. The number of benzene rings is 1. The lowest BCUT2D eigenvalue weighted by atomic mass is 10.1. The number of halogens is 3. The quantitative estimate of drug-likeness (QED) is 0.439. The molecule has 1 aromatic carbocycles. The van der Waals surface area contributed by atoms with Crippen LogP contribution in [0.4, 0.5) is 0 Å². The standard InChI is InChI=1S/C13H9BrClIO2S/c14-13(7-3-12(16)19-6-7)8-4-10-11(5-9(8)15)18-2-1-17-10/h3-6,13H,1-2H2. The Morgan fingerprint density at radius 3 is 2.53 bits per heavy atom. The number of rotatable bonds is 2. The first kappa shape index (κ1) is 14.0. The van der Waals surface area contributed by atoms with E-state index in [4.69, 9.17) is 21.1 Å². The Labute approximate surface area is 142 Å². The average molecular weight is 472 g/mol. The van der Waals surface area contributed by atoms with Crippen LogP contribution in [0.5, 0.6) is 11.5 Å². The molecule has 2 heterocycles. The predicted molar refractivity (Wildman–Crippen MR) is 90.2 cm³/mol. The van der Waals surface area contributed by atoms with Gasteiger partial charge in [0.2, 0.25) is 0 Å². The summed E-state index contributed by atoms with van der Waals surface area (Å²) in [5, 5.41) is 2.82. The fourth-order valence-electron chi connectivity index (χ4n) is 1.91. The van der Waals surface area contributed by atoms with Crippen molar-refractivity contribution in [1.82, 2.24) is 0 Å². The highest BCUT2D eigenvalue weighted by Gasteiger charge is 2.20. The van der Waals surface area contributed by atoms with Crippen molar-refractivity contribution in [2.24, 2.45) is 0 Å². The van der Waals surface area contributed by atoms with E-state index in [0.29, 0.717) is 18.2 Å². The van der Waals surface area contributed by atoms with Crippen LogP contribution in [-0.2, 0) is 0 Å². The van der Waals surface area contributed by atoms with E-state index in [1.165, 1.54) is 8.45 Å². The summed E-state index contributed by atoms with van der Waals surface area (Å²) in [5.74, 6) is 1.49. The molecule has 2 aromatic rings. The Balaban J connectivity index is 2.00. The highest BCUT2D eigenvalue weighted by atomic mass is 127. The SMILES string of the molecule is Clc1cc2c(cc1C(Br)c1csc(I)c1)OCCO2. The first-order chi connectivity index (χ1) is 9.15. The van der Waals surface area contributed by atoms with Crippen molar-refractivity contribution in [3.8, 4) is 11.5 Å². The van der Waals surface area contributed by atoms with Gasteiger partial charge in [-0.2, -0.15) is 0 Å². The minimum atomic E-state index is 0.0654. The van der Waals surface area contributed by atoms with E-state index in [1.807, 2.05) is 12.1 Å². The van der Waals surface area contributed by atoms with Crippen LogP contribution in [0.25, 0.3) is 0 Å². The van der Waals surface area contributed by atoms with Gasteiger partial charge in [0.05, 0.1) is 7.71 Å². The summed E-state index contributed by atoms with van der Waals surface area (Å²) in [6, 6.07) is 5.94. The molecule has 6 heteroatoms. The molecule has 1 aliphatic heterocycles. The van der Waals surface area contributed by atoms with Crippen LogP contribution in [0.3, 0.4) is 0 Å². The van der Waals surface area contributed by atoms with E-state index >= 15 is 0 Å². The van der Waals surface area contributed by atoms with E-state index in [1.54, 1.807) is 11.3 Å². The van der Waals surface area contributed by atoms with Crippen LogP contribution in [0, 0.1) is 2.88 Å². The number of fused-ring (bicyclic) bond motifs is 1. The molecule has 2 nitrogen and oxygen atoms in total. The second-order valence-electron chi connectivity index (χ2n) is 4.06. The molecule has 0 radical (unpaired) electrons. The Hall–Kier alpha value is 0.0200. The van der Waals surface area contributed by atoms with Gasteiger partial charge < -0.3 is 9.47 Å². The summed E-state index contributed by atoms with van der Waals surface area (Å²) in [7, 11) is 0. The van der Waals surface area contributed by atoms with Crippen molar-refractivity contribution in [1.29, 1.82) is 0 Å². The van der Waals surface area contributed by atoms with Crippen LogP contribution in [0.15, 0.2) is 23.6 Å². The molecule has 3 rings (SSSR count). The molecular formula is C13H9BrClIO2S. The summed E-state index contributed by atoms with van der Waals surface area (Å²) in [6.45, 7) is 1.15. The number of ether oxygens (including phenoxy) is 2. The van der Waals surface area contributed by atoms with E-state index in [9.17, 15) is 0 Å². The fraction of sp³-hybridized carbons (Fsp3) is 0.231. The monoisotopic (exact) mass is 470 g/mol. The van der Waals surface area contributed by atoms with Gasteiger partial charge in [-0.05, 0) is 51.2 Å². The molecule has 0 N–H and O–H groups in total. The second kappa shape index (κ2) is 5.79. The van der Waals surface area contributed by atoms with Gasteiger partial charge in [-0.3, -0.25) is 0 Å². The minimum Gasteiger partial charge on any atom is -0.486 e. The minimum absolute atomic E-state index is 0.0654. The maximum atomic E-state index is 6.35. The summed E-state index contributed by atoms with van der Waals surface area (Å²) in [5.41, 5.74) is 2.20. The molecule has 1 unspecified atom stereocenters. The van der Waals surface area contributed by atoms with Gasteiger partial charge in [0, 0.05) is 11.1 Å². The van der Waals surface area contributed by atoms with Crippen molar-refractivity contribution in [3.63, 3.8) is 0 Å². The van der Waals surface area contributed by atoms with E-state index in [0.717, 1.165) is 17.1 Å². The van der Waals surface area contributed by atoms with Gasteiger partial charge in [-0.15, -0.1) is 11.3 Å². The van der Waals surface area contributed by atoms with Crippen molar-refractivity contribution in [2.75, 3.05) is 13.2 Å². The van der Waals surface area contributed by atoms with Gasteiger partial charge in [0.25, 0.3) is 0 Å². The Morgan fingerprint density at radius 1 is 1.21 bits per heavy atom. The van der Waals surface area contributed by atoms with Gasteiger partial charge in [0.15, 0.2) is 11.5 Å². The Bertz CT molecular complexity index is 617. The van der Waals surface area contributed by atoms with E-state index in [2.05, 4.69) is 50.0 Å². The van der Waals surface area contributed by atoms with E-state index < -0.39 is 0 Å². The van der Waals surface area contributed by atoms with Gasteiger partial charge in [-0.1, -0.05) is 27.5 Å². The number of thiophene rings is 1. The average Bonchev–Trinajstić information content (AvgIpc) is 2.84. The molecule has 0 saturated carbocycles. The zero-order valence-corrected chi connectivity index (χ0v) is 15.0. The third kappa shape index (κ3) is 2.89. The maximum absolute atomic E-state index is 6.35. The van der Waals surface area contributed by atoms with Crippen molar-refractivity contribution >= 4 is 61.5 Å². The summed E-state index contributed by atoms with van der Waals surface area (Å²) < 4.78 is 12.4. The van der Waals surface area contributed by atoms with Crippen molar-refractivity contribution < 1.29 is 9.47 Å². The highest BCUT2D eigenvalue weighted by molar-refractivity contribution is 14.1. The third-order valence-corrected chi connectivity index (χ3v) is 5.97. The number of hydrogen-bond acceptors (Lipinski definition) is 3. The lowest BCUT2D eigenvalue weighted by molar-refractivity contribution is 0.171. The molecule has 100 valence electrons. The van der Waals surface area contributed by atoms with Gasteiger partial charge in [-0.25, -0.2) is 0 Å². The molecule has 0 fully saturated rings. The number of hydrogen-bond donors (Lipinski definition) is 0. The zero-order chi connectivity index (χ0) is 13.4. The second-order valence-corrected chi connectivity index (χ2v) is 8.19. The highest BCUT2D eigenvalue weighted by Crippen LogP contribution is 2.43. The summed E-state index contributed by atoms with van der Waals surface area (Å²) >= 11 is 14.1. The Kier molecular flexibility index (Phi) is 4.26. The Morgan fingerprint density at radius 2 is 1.89 bits per heavy atom. The molecule has 0 bridgehead atoms. The predicted octanol–water partition coefficient (Wildman–Crippen LogP) is 5.26. The molecule has 1 aromatic heterocycles. The van der Waals surface area contributed by atoms with Crippen LogP contribution in [0.1, 0.15) is 16.0 Å². The lowest BCUT2D eigenvalue weighted by Crippen LogP contribution is -2.15. The molecule has 0 amide bonds. The maximum Gasteiger partial charge on any atom is 0.162 e. The normalized spacial score (nSPS) is 15.3. The van der Waals surface area contributed by atoms with Crippen molar-refractivity contribution in [2.45, 2.75) is 4.83 Å². The first-order valence-electron chi connectivity index (χ1n) is 5.62. The molecule has 19 heavy (non-hydrogen) atoms. The molecular weight excluding hydrogens is 462 g/mol. The molecule has 0 aliphatic carbocycles. The number of alkyl halides is 1. The van der Waals surface area contributed by atoms with Crippen molar-refractivity contribution in [3.05, 3.63) is 42.6 Å². The topological polar surface area (TPSA) is 18.5 Å². The molecule has 1 atom stereocenters. The summed E-state index contributed by atoms with van der Waals surface area (Å²) in [4.78, 5) is 0.0654. The molecule has 1 aliphatic rings. The molecule has 0 spiro atoms. The van der Waals surface area contributed by atoms with E-state index in [-0.39, 0.29) is 4.83 Å². The van der Waals surface area contributed by atoms with Crippen LogP contribution in [0.2, 0.25) is 5.02 Å². The first-order valence-corrected chi connectivity index (χ1v) is 8.87. The van der Waals surface area contributed by atoms with Gasteiger partial charge in [0.1, 0.15) is 13.2 Å². The van der Waals surface area contributed by atoms with Crippen LogP contribution >= 0.6 is 61.5 Å². The summed E-state index contributed by atoms with van der Waals surface area (Å²) in [6.07, 6.45) is 0. The van der Waals surface area contributed by atoms with Gasteiger partial charge >= 0.3 is 0 Å². The van der Waals surface area contributed by atoms with Crippen LogP contribution < -0.4 is 9.47 Å². The zero-order valence-electron chi connectivity index (χ0n) is 9.66. The smallest absolute Gasteiger partial charge is 0.162 e. The lowest BCUT2D eigenvalue weighted by Gasteiger charge is -2.21. The largest absolute Gasteiger partial charge is 0.486 e. The third-order valence-electron chi connectivity index (χ3n) is 2.81.